The maximum atomic E-state index is 11.3. The second-order valence-electron chi connectivity index (χ2n) is 6.92. The summed E-state index contributed by atoms with van der Waals surface area (Å²) < 4.78 is 0. The van der Waals surface area contributed by atoms with Crippen LogP contribution in [0.15, 0.2) is 10.2 Å². The number of nitrogens with one attached hydrogen (secondary N) is 2. The molecule has 0 saturated carbocycles. The molecule has 0 atom stereocenters. The van der Waals surface area contributed by atoms with Gasteiger partial charge >= 0.3 is 5.97 Å². The molecule has 8 heteroatoms. The van der Waals surface area contributed by atoms with Crippen LogP contribution in [0.5, 0.6) is 0 Å². The fraction of sp³-hybridized carbons (Fsp3) is 0.842. The molecule has 0 aliphatic carbocycles. The van der Waals surface area contributed by atoms with Gasteiger partial charge in [0.2, 0.25) is 5.91 Å². The molecule has 8 nitrogen and oxygen atoms in total. The Balaban J connectivity index is 3.20. The van der Waals surface area contributed by atoms with Crippen LogP contribution in [-0.2, 0) is 9.59 Å². The van der Waals surface area contributed by atoms with E-state index in [4.69, 9.17) is 16.5 Å². The summed E-state index contributed by atoms with van der Waals surface area (Å²) in [5.41, 5.74) is 6.86. The first kappa shape index (κ1) is 25.0. The molecule has 0 aromatic heterocycles. The van der Waals surface area contributed by atoms with Crippen molar-refractivity contribution in [2.24, 2.45) is 16.1 Å². The minimum absolute atomic E-state index is 0.170. The molecule has 5 N–H and O–H groups in total. The van der Waals surface area contributed by atoms with E-state index in [2.05, 4.69) is 15.5 Å². The topological polar surface area (TPSA) is 141 Å². The van der Waals surface area contributed by atoms with E-state index >= 15 is 0 Å². The number of hydrogen-bond donors (Lipinski definition) is 4. The van der Waals surface area contributed by atoms with Crippen LogP contribution >= 0.6 is 0 Å². The van der Waals surface area contributed by atoms with Gasteiger partial charge in [-0.05, 0) is 12.8 Å². The Kier molecular flexibility index (Phi) is 17.4. The average Bonchev–Trinajstić information content (AvgIpc) is 2.66. The zero-order valence-electron chi connectivity index (χ0n) is 16.5. The molecule has 0 aromatic carbocycles. The second kappa shape index (κ2) is 18.8. The lowest BCUT2D eigenvalue weighted by atomic mass is 10.0. The second-order valence-corrected chi connectivity index (χ2v) is 6.92. The highest BCUT2D eigenvalue weighted by Crippen LogP contribution is 2.13. The normalized spacial score (nSPS) is 11.3. The maximum absolute atomic E-state index is 11.3. The minimum Gasteiger partial charge on any atom is -0.480 e. The number of amidine groups is 1. The Labute approximate surface area is 162 Å². The van der Waals surface area contributed by atoms with Crippen LogP contribution < -0.4 is 11.2 Å². The van der Waals surface area contributed by atoms with E-state index in [1.807, 2.05) is 0 Å². The van der Waals surface area contributed by atoms with Crippen molar-refractivity contribution in [1.29, 1.82) is 5.53 Å². The summed E-state index contributed by atoms with van der Waals surface area (Å²) in [4.78, 5) is 21.6. The van der Waals surface area contributed by atoms with Gasteiger partial charge in [-0.25, -0.2) is 5.53 Å². The molecule has 0 fully saturated rings. The largest absolute Gasteiger partial charge is 0.480 e. The molecule has 0 rings (SSSR count). The number of carbonyl (C=O) groups is 2. The quantitative estimate of drug-likeness (QED) is 0.0697. The van der Waals surface area contributed by atoms with Crippen LogP contribution in [-0.4, -0.2) is 29.4 Å². The predicted octanol–water partition coefficient (Wildman–Crippen LogP) is 4.34. The predicted molar refractivity (Wildman–Crippen MR) is 107 cm³/mol. The summed E-state index contributed by atoms with van der Waals surface area (Å²) in [6, 6.07) is 0. The third kappa shape index (κ3) is 18.6. The van der Waals surface area contributed by atoms with E-state index in [9.17, 15) is 9.59 Å². The van der Waals surface area contributed by atoms with Crippen molar-refractivity contribution in [3.63, 3.8) is 0 Å². The van der Waals surface area contributed by atoms with Crippen LogP contribution in [0.1, 0.15) is 96.3 Å². The zero-order chi connectivity index (χ0) is 20.2. The number of aliphatic carboxylic acids is 1. The first-order valence-corrected chi connectivity index (χ1v) is 10.2. The summed E-state index contributed by atoms with van der Waals surface area (Å²) in [5.74, 6) is 4.36. The van der Waals surface area contributed by atoms with Gasteiger partial charge < -0.3 is 16.3 Å². The Bertz CT molecular complexity index is 441. The number of carboxylic acid groups (broad SMARTS) is 1. The Morgan fingerprint density at radius 2 is 1.19 bits per heavy atom. The van der Waals surface area contributed by atoms with Crippen molar-refractivity contribution in [3.05, 3.63) is 0 Å². The van der Waals surface area contributed by atoms with E-state index in [-0.39, 0.29) is 12.5 Å². The van der Waals surface area contributed by atoms with Gasteiger partial charge in [0.05, 0.1) is 0 Å². The summed E-state index contributed by atoms with van der Waals surface area (Å²) in [5, 5.41) is 17.6. The number of nitrogens with zero attached hydrogens (tertiary/aromatic N) is 2. The zero-order valence-corrected chi connectivity index (χ0v) is 16.5. The Hall–Kier alpha value is -1.99. The number of nitrogens with two attached hydrogens (primary N) is 1. The smallest absolute Gasteiger partial charge is 0.322 e. The first-order chi connectivity index (χ1) is 13.1. The molecule has 0 spiro atoms. The van der Waals surface area contributed by atoms with E-state index < -0.39 is 5.97 Å². The molecule has 0 radical (unpaired) electrons. The van der Waals surface area contributed by atoms with Gasteiger partial charge in [0.25, 0.3) is 0 Å². The monoisotopic (exact) mass is 383 g/mol. The molecule has 156 valence electrons. The van der Waals surface area contributed by atoms with Gasteiger partial charge in [0, 0.05) is 12.8 Å². The van der Waals surface area contributed by atoms with Crippen molar-refractivity contribution in [2.75, 3.05) is 6.54 Å². The number of carboxylic acids is 1. The SMILES string of the molecule is N=N/C(CCCCCCCCCCCCCCCC(=O)NCC(=O)O)=N\N. The number of hydrazone groups is 1. The molecule has 0 saturated heterocycles. The standard InChI is InChI=1S/C19H37N5O3/c20-23-17(24-21)14-12-10-8-6-4-2-1-3-5-7-9-11-13-15-18(25)22-16-19(26)27/h20H,1-16,21H2,(H,22,25)(H,26,27)/b23-20?,24-17-. The fourth-order valence-corrected chi connectivity index (χ4v) is 2.93. The van der Waals surface area contributed by atoms with Crippen molar-refractivity contribution < 1.29 is 14.7 Å². The third-order valence-electron chi connectivity index (χ3n) is 4.52. The summed E-state index contributed by atoms with van der Waals surface area (Å²) in [7, 11) is 0. The van der Waals surface area contributed by atoms with Gasteiger partial charge in [-0.15, -0.1) is 5.11 Å². The third-order valence-corrected chi connectivity index (χ3v) is 4.52. The lowest BCUT2D eigenvalue weighted by Gasteiger charge is -2.04. The van der Waals surface area contributed by atoms with E-state index in [0.29, 0.717) is 18.7 Å². The molecule has 0 unspecified atom stereocenters. The summed E-state index contributed by atoms with van der Waals surface area (Å²) in [6.07, 6.45) is 16.4. The number of carbonyl (C=O) groups excluding carboxylic acids is 1. The first-order valence-electron chi connectivity index (χ1n) is 10.2. The molecule has 0 aliphatic heterocycles. The van der Waals surface area contributed by atoms with Crippen LogP contribution in [0, 0.1) is 5.53 Å². The van der Waals surface area contributed by atoms with Crippen LogP contribution in [0.25, 0.3) is 0 Å². The summed E-state index contributed by atoms with van der Waals surface area (Å²) >= 11 is 0. The molecule has 0 aromatic rings. The molecular formula is C19H37N5O3. The van der Waals surface area contributed by atoms with E-state index in [1.165, 1.54) is 51.4 Å². The maximum Gasteiger partial charge on any atom is 0.322 e. The molecule has 0 aliphatic rings. The van der Waals surface area contributed by atoms with Crippen molar-refractivity contribution in [3.8, 4) is 0 Å². The summed E-state index contributed by atoms with van der Waals surface area (Å²) in [6.45, 7) is -0.287. The molecule has 0 bridgehead atoms. The number of hydrogen-bond acceptors (Lipinski definition) is 5. The number of unbranched alkanes of at least 4 members (excludes halogenated alkanes) is 12. The van der Waals surface area contributed by atoms with Gasteiger partial charge in [-0.1, -0.05) is 70.6 Å². The highest BCUT2D eigenvalue weighted by Gasteiger charge is 2.03. The van der Waals surface area contributed by atoms with Crippen molar-refractivity contribution in [1.82, 2.24) is 5.32 Å². The van der Waals surface area contributed by atoms with E-state index in [0.717, 1.165) is 32.1 Å². The van der Waals surface area contributed by atoms with Gasteiger partial charge in [0.15, 0.2) is 5.84 Å². The van der Waals surface area contributed by atoms with Gasteiger partial charge in [0.1, 0.15) is 6.54 Å². The average molecular weight is 384 g/mol. The highest BCUT2D eigenvalue weighted by molar-refractivity contribution is 5.81. The molecule has 27 heavy (non-hydrogen) atoms. The number of amides is 1. The van der Waals surface area contributed by atoms with Crippen molar-refractivity contribution in [2.45, 2.75) is 96.3 Å². The minimum atomic E-state index is -1.00. The van der Waals surface area contributed by atoms with Crippen molar-refractivity contribution >= 4 is 17.7 Å². The molecular weight excluding hydrogens is 346 g/mol. The highest BCUT2D eigenvalue weighted by atomic mass is 16.4. The van der Waals surface area contributed by atoms with Crippen LogP contribution in [0.3, 0.4) is 0 Å². The Morgan fingerprint density at radius 3 is 1.56 bits per heavy atom. The van der Waals surface area contributed by atoms with Gasteiger partial charge in [-0.3, -0.25) is 9.59 Å². The molecule has 0 heterocycles. The van der Waals surface area contributed by atoms with Gasteiger partial charge in [-0.2, -0.15) is 5.10 Å². The molecule has 1 amide bonds. The lowest BCUT2D eigenvalue weighted by molar-refractivity contribution is -0.137. The fourth-order valence-electron chi connectivity index (χ4n) is 2.93. The lowest BCUT2D eigenvalue weighted by Crippen LogP contribution is -2.28. The number of rotatable bonds is 18. The van der Waals surface area contributed by atoms with E-state index in [1.54, 1.807) is 0 Å². The Morgan fingerprint density at radius 1 is 0.778 bits per heavy atom. The van der Waals surface area contributed by atoms with Crippen LogP contribution in [0.2, 0.25) is 0 Å². The van der Waals surface area contributed by atoms with Crippen LogP contribution in [0.4, 0.5) is 0 Å².